The molecule has 6 nitrogen and oxygen atoms in total. The van der Waals surface area contributed by atoms with E-state index in [1.807, 2.05) is 0 Å². The first-order chi connectivity index (χ1) is 15.3. The van der Waals surface area contributed by atoms with Crippen molar-refractivity contribution in [1.82, 2.24) is 15.0 Å². The summed E-state index contributed by atoms with van der Waals surface area (Å²) >= 11 is 0. The summed E-state index contributed by atoms with van der Waals surface area (Å²) in [4.78, 5) is 12.4. The molecule has 4 aromatic rings. The Morgan fingerprint density at radius 1 is 0.969 bits per heavy atom. The SMILES string of the molecule is OCC(O)c1cnc(-c2ccc3c(Nc4ccc(C(F)(F)F)cc4)ncnc3c2)c(F)c1. The van der Waals surface area contributed by atoms with Crippen LogP contribution in [0.2, 0.25) is 0 Å². The molecule has 164 valence electrons. The average Bonchev–Trinajstić information content (AvgIpc) is 2.78. The summed E-state index contributed by atoms with van der Waals surface area (Å²) in [7, 11) is 0. The predicted octanol–water partition coefficient (Wildman–Crippen LogP) is 4.62. The number of halogens is 4. The van der Waals surface area contributed by atoms with E-state index < -0.39 is 30.3 Å². The topological polar surface area (TPSA) is 91.2 Å². The molecule has 2 aromatic carbocycles. The van der Waals surface area contributed by atoms with Crippen molar-refractivity contribution >= 4 is 22.4 Å². The second-order valence-corrected chi connectivity index (χ2v) is 6.95. The van der Waals surface area contributed by atoms with Gasteiger partial charge in [-0.2, -0.15) is 13.2 Å². The molecule has 0 aliphatic heterocycles. The van der Waals surface area contributed by atoms with Crippen molar-refractivity contribution in [1.29, 1.82) is 0 Å². The summed E-state index contributed by atoms with van der Waals surface area (Å²) in [6.45, 7) is -0.554. The highest BCUT2D eigenvalue weighted by molar-refractivity contribution is 5.93. The standard InChI is InChI=1S/C22H16F4N4O2/c23-17-7-13(19(32)10-31)9-27-20(17)12-1-6-16-18(8-12)28-11-29-21(16)30-15-4-2-14(3-5-15)22(24,25)26/h1-9,11,19,31-32H,10H2,(H,28,29,30). The molecule has 10 heteroatoms. The monoisotopic (exact) mass is 444 g/mol. The molecular weight excluding hydrogens is 428 g/mol. The quantitative estimate of drug-likeness (QED) is 0.389. The third-order valence-corrected chi connectivity index (χ3v) is 4.80. The van der Waals surface area contributed by atoms with Gasteiger partial charge in [-0.15, -0.1) is 0 Å². The summed E-state index contributed by atoms with van der Waals surface area (Å²) in [5.41, 5.74) is 0.739. The van der Waals surface area contributed by atoms with E-state index >= 15 is 0 Å². The molecule has 0 saturated carbocycles. The zero-order valence-electron chi connectivity index (χ0n) is 16.3. The minimum Gasteiger partial charge on any atom is -0.393 e. The number of alkyl halides is 3. The van der Waals surface area contributed by atoms with E-state index in [0.29, 0.717) is 28.0 Å². The Labute approximate surface area is 179 Å². The summed E-state index contributed by atoms with van der Waals surface area (Å²) in [6, 6.07) is 10.5. The van der Waals surface area contributed by atoms with Gasteiger partial charge < -0.3 is 15.5 Å². The minimum absolute atomic E-state index is 0.0386. The molecule has 1 unspecified atom stereocenters. The van der Waals surface area contributed by atoms with E-state index in [4.69, 9.17) is 5.11 Å². The first-order valence-electron chi connectivity index (χ1n) is 9.40. The Hall–Kier alpha value is -3.63. The molecule has 0 aliphatic carbocycles. The second-order valence-electron chi connectivity index (χ2n) is 6.95. The Morgan fingerprint density at radius 2 is 1.72 bits per heavy atom. The van der Waals surface area contributed by atoms with Gasteiger partial charge in [-0.3, -0.25) is 4.98 Å². The van der Waals surface area contributed by atoms with Crippen LogP contribution in [0, 0.1) is 5.82 Å². The highest BCUT2D eigenvalue weighted by Crippen LogP contribution is 2.32. The largest absolute Gasteiger partial charge is 0.416 e. The normalized spacial score (nSPS) is 12.7. The van der Waals surface area contributed by atoms with E-state index in [1.165, 1.54) is 24.7 Å². The number of pyridine rings is 1. The molecule has 0 bridgehead atoms. The van der Waals surface area contributed by atoms with Gasteiger partial charge in [-0.05, 0) is 42.5 Å². The van der Waals surface area contributed by atoms with Crippen LogP contribution >= 0.6 is 0 Å². The van der Waals surface area contributed by atoms with Crippen molar-refractivity contribution in [3.63, 3.8) is 0 Å². The first-order valence-corrected chi connectivity index (χ1v) is 9.40. The maximum absolute atomic E-state index is 14.5. The lowest BCUT2D eigenvalue weighted by molar-refractivity contribution is -0.137. The second kappa shape index (κ2) is 8.48. The Morgan fingerprint density at radius 3 is 2.38 bits per heavy atom. The molecule has 1 atom stereocenters. The summed E-state index contributed by atoms with van der Waals surface area (Å²) in [5.74, 6) is -0.303. The maximum atomic E-state index is 14.5. The van der Waals surface area contributed by atoms with Crippen LogP contribution in [-0.2, 0) is 6.18 Å². The van der Waals surface area contributed by atoms with Crippen molar-refractivity contribution in [2.24, 2.45) is 0 Å². The molecule has 0 saturated heterocycles. The van der Waals surface area contributed by atoms with Crippen molar-refractivity contribution in [3.05, 3.63) is 78.0 Å². The fourth-order valence-corrected chi connectivity index (χ4v) is 3.14. The van der Waals surface area contributed by atoms with Gasteiger partial charge in [0.2, 0.25) is 0 Å². The van der Waals surface area contributed by atoms with Gasteiger partial charge >= 0.3 is 6.18 Å². The van der Waals surface area contributed by atoms with E-state index in [2.05, 4.69) is 20.3 Å². The molecule has 2 heterocycles. The third-order valence-electron chi connectivity index (χ3n) is 4.80. The lowest BCUT2D eigenvalue weighted by Crippen LogP contribution is -2.05. The minimum atomic E-state index is -4.42. The van der Waals surface area contributed by atoms with Gasteiger partial charge in [0, 0.05) is 28.4 Å². The van der Waals surface area contributed by atoms with Gasteiger partial charge in [-0.1, -0.05) is 6.07 Å². The van der Waals surface area contributed by atoms with E-state index in [1.54, 1.807) is 18.2 Å². The molecule has 3 N–H and O–H groups in total. The van der Waals surface area contributed by atoms with Crippen LogP contribution in [0.15, 0.2) is 61.1 Å². The van der Waals surface area contributed by atoms with Crippen molar-refractivity contribution in [2.45, 2.75) is 12.3 Å². The van der Waals surface area contributed by atoms with Crippen molar-refractivity contribution in [3.8, 4) is 11.3 Å². The van der Waals surface area contributed by atoms with Crippen molar-refractivity contribution < 1.29 is 27.8 Å². The Kier molecular flexibility index (Phi) is 5.72. The van der Waals surface area contributed by atoms with Gasteiger partial charge in [0.15, 0.2) is 0 Å². The van der Waals surface area contributed by atoms with Gasteiger partial charge in [0.05, 0.1) is 17.7 Å². The lowest BCUT2D eigenvalue weighted by atomic mass is 10.1. The number of rotatable bonds is 5. The molecule has 32 heavy (non-hydrogen) atoms. The van der Waals surface area contributed by atoms with Crippen LogP contribution in [0.5, 0.6) is 0 Å². The molecular formula is C22H16F4N4O2. The zero-order chi connectivity index (χ0) is 22.9. The van der Waals surface area contributed by atoms with E-state index in [9.17, 15) is 22.7 Å². The summed E-state index contributed by atoms with van der Waals surface area (Å²) in [6.07, 6.45) is -3.09. The number of nitrogens with one attached hydrogen (secondary N) is 1. The predicted molar refractivity (Wildman–Crippen MR) is 109 cm³/mol. The molecule has 0 amide bonds. The first kappa shape index (κ1) is 21.6. The number of anilines is 2. The van der Waals surface area contributed by atoms with E-state index in [0.717, 1.165) is 18.2 Å². The number of aliphatic hydroxyl groups excluding tert-OH is 2. The molecule has 0 spiro atoms. The van der Waals surface area contributed by atoms with Gasteiger partial charge in [-0.25, -0.2) is 14.4 Å². The van der Waals surface area contributed by atoms with Crippen LogP contribution in [-0.4, -0.2) is 31.8 Å². The van der Waals surface area contributed by atoms with Crippen LogP contribution in [0.3, 0.4) is 0 Å². The number of benzene rings is 2. The average molecular weight is 444 g/mol. The fourth-order valence-electron chi connectivity index (χ4n) is 3.14. The summed E-state index contributed by atoms with van der Waals surface area (Å²) in [5, 5.41) is 22.2. The lowest BCUT2D eigenvalue weighted by Gasteiger charge is -2.12. The number of hydrogen-bond donors (Lipinski definition) is 3. The number of hydrogen-bond acceptors (Lipinski definition) is 6. The Balaban J connectivity index is 1.64. The molecule has 0 radical (unpaired) electrons. The maximum Gasteiger partial charge on any atom is 0.416 e. The van der Waals surface area contributed by atoms with Crippen LogP contribution in [0.1, 0.15) is 17.2 Å². The number of aromatic nitrogens is 3. The number of nitrogens with zero attached hydrogens (tertiary/aromatic N) is 3. The number of fused-ring (bicyclic) bond motifs is 1. The Bertz CT molecular complexity index is 1260. The van der Waals surface area contributed by atoms with E-state index in [-0.39, 0.29) is 11.3 Å². The van der Waals surface area contributed by atoms with Crippen LogP contribution < -0.4 is 5.32 Å². The number of aliphatic hydroxyl groups is 2. The van der Waals surface area contributed by atoms with Crippen molar-refractivity contribution in [2.75, 3.05) is 11.9 Å². The summed E-state index contributed by atoms with van der Waals surface area (Å²) < 4.78 is 52.8. The molecule has 2 aromatic heterocycles. The van der Waals surface area contributed by atoms with Gasteiger partial charge in [0.25, 0.3) is 0 Å². The molecule has 0 fully saturated rings. The third kappa shape index (κ3) is 4.36. The van der Waals surface area contributed by atoms with Crippen LogP contribution in [0.4, 0.5) is 29.1 Å². The highest BCUT2D eigenvalue weighted by atomic mass is 19.4. The van der Waals surface area contributed by atoms with Gasteiger partial charge in [0.1, 0.15) is 29.8 Å². The fraction of sp³-hybridized carbons (Fsp3) is 0.136. The molecule has 4 rings (SSSR count). The molecule has 0 aliphatic rings. The van der Waals surface area contributed by atoms with Crippen LogP contribution in [0.25, 0.3) is 22.2 Å². The smallest absolute Gasteiger partial charge is 0.393 e. The zero-order valence-corrected chi connectivity index (χ0v) is 16.3. The highest BCUT2D eigenvalue weighted by Gasteiger charge is 2.30.